The molecule has 1 N–H and O–H groups in total. The molecule has 10 heteroatoms. The third kappa shape index (κ3) is 5.66. The summed E-state index contributed by atoms with van der Waals surface area (Å²) in [4.78, 5) is 50.5. The quantitative estimate of drug-likeness (QED) is 0.223. The summed E-state index contributed by atoms with van der Waals surface area (Å²) < 4.78 is -0.741. The number of nitrogens with zero attached hydrogens (tertiary/aromatic N) is 4. The normalized spacial score (nSPS) is 27.6. The Kier molecular flexibility index (Phi) is 10.9. The van der Waals surface area contributed by atoms with E-state index in [1.165, 1.54) is 0 Å². The first kappa shape index (κ1) is 32.6. The highest BCUT2D eigenvalue weighted by molar-refractivity contribution is 9.09. The van der Waals surface area contributed by atoms with E-state index in [4.69, 9.17) is 0 Å². The maximum Gasteiger partial charge on any atom is 0.251 e. The minimum atomic E-state index is -0.754. The van der Waals surface area contributed by atoms with Crippen LogP contribution in [0.5, 0.6) is 0 Å². The predicted octanol–water partition coefficient (Wildman–Crippen LogP) is 4.32. The highest BCUT2D eigenvalue weighted by Gasteiger charge is 2.76. The average Bonchev–Trinajstić information content (AvgIpc) is 3.58. The number of alkyl halides is 1. The molecule has 1 aromatic carbocycles. The van der Waals surface area contributed by atoms with Gasteiger partial charge in [0.1, 0.15) is 6.04 Å². The molecule has 3 saturated heterocycles. The van der Waals surface area contributed by atoms with Crippen LogP contribution in [0.1, 0.15) is 40.0 Å². The zero-order valence-electron chi connectivity index (χ0n) is 25.1. The number of aliphatic hydroxyl groups is 1. The second kappa shape index (κ2) is 14.0. The SMILES string of the molecule is C=CCN(CCC)C(=O)[C@H]1[C@H]2C(=O)N(CCCO)C(C(=O)N(CC=C)c3ccc(N(CC)CC)cc3)C23CC(Br)[C@@H]1S3. The van der Waals surface area contributed by atoms with Crippen LogP contribution >= 0.6 is 27.7 Å². The van der Waals surface area contributed by atoms with Crippen LogP contribution in [0.25, 0.3) is 0 Å². The summed E-state index contributed by atoms with van der Waals surface area (Å²) in [6.45, 7) is 17.3. The Balaban J connectivity index is 1.75. The lowest BCUT2D eigenvalue weighted by Gasteiger charge is -2.38. The van der Waals surface area contributed by atoms with Crippen molar-refractivity contribution in [2.75, 3.05) is 55.7 Å². The minimum absolute atomic E-state index is 0.00186. The van der Waals surface area contributed by atoms with Crippen molar-refractivity contribution in [3.05, 3.63) is 49.6 Å². The van der Waals surface area contributed by atoms with Crippen LogP contribution in [0.3, 0.4) is 0 Å². The van der Waals surface area contributed by atoms with Gasteiger partial charge in [-0.25, -0.2) is 0 Å². The fourth-order valence-corrected chi connectivity index (χ4v) is 10.7. The van der Waals surface area contributed by atoms with Gasteiger partial charge < -0.3 is 24.7 Å². The molecule has 0 radical (unpaired) electrons. The molecular weight excluding hydrogens is 616 g/mol. The second-order valence-electron chi connectivity index (χ2n) is 11.3. The molecule has 0 aromatic heterocycles. The second-order valence-corrected chi connectivity index (χ2v) is 14.0. The van der Waals surface area contributed by atoms with Crippen molar-refractivity contribution in [2.45, 2.75) is 60.9 Å². The molecule has 3 unspecified atom stereocenters. The minimum Gasteiger partial charge on any atom is -0.396 e. The number of hydrogen-bond donors (Lipinski definition) is 1. The molecule has 0 aliphatic carbocycles. The number of rotatable bonds is 15. The summed E-state index contributed by atoms with van der Waals surface area (Å²) in [5.41, 5.74) is 1.82. The van der Waals surface area contributed by atoms with Gasteiger partial charge in [0.25, 0.3) is 5.91 Å². The number of amides is 3. The summed E-state index contributed by atoms with van der Waals surface area (Å²) in [6, 6.07) is 7.20. The van der Waals surface area contributed by atoms with E-state index in [0.29, 0.717) is 32.5 Å². The third-order valence-corrected chi connectivity index (χ3v) is 12.1. The van der Waals surface area contributed by atoms with Gasteiger partial charge in [-0.3, -0.25) is 14.4 Å². The fourth-order valence-electron chi connectivity index (χ4n) is 7.13. The van der Waals surface area contributed by atoms with Crippen molar-refractivity contribution in [2.24, 2.45) is 11.8 Å². The Morgan fingerprint density at radius 3 is 2.31 bits per heavy atom. The maximum absolute atomic E-state index is 14.7. The van der Waals surface area contributed by atoms with E-state index in [1.54, 1.807) is 38.6 Å². The number of aliphatic hydroxyl groups excluding tert-OH is 1. The summed E-state index contributed by atoms with van der Waals surface area (Å²) in [6.07, 6.45) is 5.22. The van der Waals surface area contributed by atoms with E-state index in [9.17, 15) is 19.5 Å². The number of anilines is 2. The molecule has 3 amide bonds. The zero-order chi connectivity index (χ0) is 30.6. The first-order valence-electron chi connectivity index (χ1n) is 15.1. The van der Waals surface area contributed by atoms with Gasteiger partial charge in [-0.15, -0.1) is 24.9 Å². The number of fused-ring (bicyclic) bond motifs is 1. The zero-order valence-corrected chi connectivity index (χ0v) is 27.5. The smallest absolute Gasteiger partial charge is 0.251 e. The van der Waals surface area contributed by atoms with E-state index in [1.807, 2.05) is 31.2 Å². The largest absolute Gasteiger partial charge is 0.396 e. The van der Waals surface area contributed by atoms with Crippen LogP contribution in [0.2, 0.25) is 0 Å². The first-order chi connectivity index (χ1) is 20.2. The number of benzene rings is 1. The summed E-state index contributed by atoms with van der Waals surface area (Å²) >= 11 is 5.49. The van der Waals surface area contributed by atoms with E-state index >= 15 is 0 Å². The van der Waals surface area contributed by atoms with Crippen LogP contribution < -0.4 is 9.80 Å². The molecule has 1 aromatic rings. The number of carbonyl (C=O) groups excluding carboxylic acids is 3. The standard InChI is InChI=1S/C32H45BrN4O4S/c1-6-16-35(17-7-2)29(39)25-26-30(40)37(19-11-20-38)28(32(26)21-24(33)27(25)42-32)31(41)36(18-8-3)23-14-12-22(13-15-23)34(9-4)10-5/h6,8,12-15,24-28,38H,1,3,7,9-11,16-21H2,2,4-5H3/t24?,25-,26-,27-,28?,32?/m0/s1. The van der Waals surface area contributed by atoms with Crippen molar-refractivity contribution < 1.29 is 19.5 Å². The van der Waals surface area contributed by atoms with Crippen molar-refractivity contribution >= 4 is 56.8 Å². The molecule has 3 aliphatic rings. The van der Waals surface area contributed by atoms with Gasteiger partial charge >= 0.3 is 0 Å². The molecule has 2 bridgehead atoms. The molecule has 1 spiro atoms. The van der Waals surface area contributed by atoms with Crippen molar-refractivity contribution in [1.29, 1.82) is 0 Å². The van der Waals surface area contributed by atoms with Gasteiger partial charge in [0.05, 0.1) is 16.6 Å². The lowest BCUT2D eigenvalue weighted by Crippen LogP contribution is -2.56. The van der Waals surface area contributed by atoms with E-state index < -0.39 is 22.6 Å². The van der Waals surface area contributed by atoms with Crippen molar-refractivity contribution in [3.63, 3.8) is 0 Å². The maximum atomic E-state index is 14.7. The molecule has 3 fully saturated rings. The highest BCUT2D eigenvalue weighted by atomic mass is 79.9. The van der Waals surface area contributed by atoms with E-state index in [0.717, 1.165) is 30.9 Å². The van der Waals surface area contributed by atoms with E-state index in [2.05, 4.69) is 47.8 Å². The predicted molar refractivity (Wildman–Crippen MR) is 175 cm³/mol. The molecule has 6 atom stereocenters. The van der Waals surface area contributed by atoms with Crippen LogP contribution in [0.15, 0.2) is 49.6 Å². The molecule has 3 aliphatic heterocycles. The van der Waals surface area contributed by atoms with Crippen LogP contribution in [-0.4, -0.2) is 99.4 Å². The van der Waals surface area contributed by atoms with Crippen LogP contribution in [0, 0.1) is 11.8 Å². The van der Waals surface area contributed by atoms with Gasteiger partial charge in [-0.2, -0.15) is 0 Å². The molecule has 0 saturated carbocycles. The molecular formula is C32H45BrN4O4S. The van der Waals surface area contributed by atoms with Crippen LogP contribution in [0.4, 0.5) is 11.4 Å². The molecule has 230 valence electrons. The Morgan fingerprint density at radius 2 is 1.74 bits per heavy atom. The van der Waals surface area contributed by atoms with E-state index in [-0.39, 0.29) is 41.0 Å². The Bertz CT molecular complexity index is 1160. The Morgan fingerprint density at radius 1 is 1.10 bits per heavy atom. The number of likely N-dealkylation sites (tertiary alicyclic amines) is 1. The number of halogens is 1. The molecule has 4 rings (SSSR count). The Hall–Kier alpha value is -2.30. The van der Waals surface area contributed by atoms with Crippen molar-refractivity contribution in [1.82, 2.24) is 9.80 Å². The third-order valence-electron chi connectivity index (χ3n) is 8.89. The first-order valence-corrected chi connectivity index (χ1v) is 16.9. The fraction of sp³-hybridized carbons (Fsp3) is 0.594. The number of thioether (sulfide) groups is 1. The van der Waals surface area contributed by atoms with Gasteiger partial charge in [0.2, 0.25) is 11.8 Å². The van der Waals surface area contributed by atoms with Gasteiger partial charge in [0.15, 0.2) is 0 Å². The monoisotopic (exact) mass is 660 g/mol. The lowest BCUT2D eigenvalue weighted by molar-refractivity contribution is -0.143. The average molecular weight is 662 g/mol. The summed E-state index contributed by atoms with van der Waals surface area (Å²) in [5, 5.41) is 9.59. The number of hydrogen-bond acceptors (Lipinski definition) is 6. The highest BCUT2D eigenvalue weighted by Crippen LogP contribution is 2.68. The molecule has 3 heterocycles. The van der Waals surface area contributed by atoms with Gasteiger partial charge in [0, 0.05) is 67.3 Å². The topological polar surface area (TPSA) is 84.4 Å². The number of carbonyl (C=O) groups is 3. The summed E-state index contributed by atoms with van der Waals surface area (Å²) in [7, 11) is 0. The summed E-state index contributed by atoms with van der Waals surface area (Å²) in [5.74, 6) is -1.48. The van der Waals surface area contributed by atoms with Gasteiger partial charge in [-0.05, 0) is 57.4 Å². The van der Waals surface area contributed by atoms with Crippen molar-refractivity contribution in [3.8, 4) is 0 Å². The van der Waals surface area contributed by atoms with Gasteiger partial charge in [-0.1, -0.05) is 35.0 Å². The molecule has 42 heavy (non-hydrogen) atoms. The van der Waals surface area contributed by atoms with Crippen LogP contribution in [-0.2, 0) is 14.4 Å². The molecule has 8 nitrogen and oxygen atoms in total. The lowest BCUT2D eigenvalue weighted by atomic mass is 9.70. The Labute approximate surface area is 263 Å².